The molecule has 2 aromatic rings. The Hall–Kier alpha value is -2.14. The summed E-state index contributed by atoms with van der Waals surface area (Å²) in [7, 11) is 1.76. The molecular weight excluding hydrogens is 254 g/mol. The van der Waals surface area contributed by atoms with Crippen molar-refractivity contribution in [1.82, 2.24) is 10.1 Å². The van der Waals surface area contributed by atoms with Gasteiger partial charge >= 0.3 is 0 Å². The Bertz CT molecular complexity index is 592. The Labute approximate surface area is 118 Å². The van der Waals surface area contributed by atoms with E-state index in [-0.39, 0.29) is 5.91 Å². The second-order valence-electron chi connectivity index (χ2n) is 4.83. The van der Waals surface area contributed by atoms with Crippen molar-refractivity contribution in [2.75, 3.05) is 7.05 Å². The minimum atomic E-state index is 0.0338. The molecule has 2 rings (SSSR count). The van der Waals surface area contributed by atoms with E-state index in [0.717, 1.165) is 22.6 Å². The van der Waals surface area contributed by atoms with E-state index in [1.807, 2.05) is 37.3 Å². The van der Waals surface area contributed by atoms with Gasteiger partial charge in [0.05, 0.1) is 13.0 Å². The van der Waals surface area contributed by atoms with Crippen molar-refractivity contribution in [2.24, 2.45) is 5.73 Å². The fraction of sp³-hybridized carbons (Fsp3) is 0.333. The molecule has 0 saturated heterocycles. The van der Waals surface area contributed by atoms with Crippen LogP contribution < -0.4 is 5.73 Å². The lowest BCUT2D eigenvalue weighted by Gasteiger charge is -2.16. The third-order valence-corrected chi connectivity index (χ3v) is 3.18. The molecule has 0 aliphatic heterocycles. The van der Waals surface area contributed by atoms with Crippen molar-refractivity contribution >= 4 is 5.91 Å². The summed E-state index contributed by atoms with van der Waals surface area (Å²) in [5.74, 6) is 0.779. The fourth-order valence-corrected chi connectivity index (χ4v) is 2.05. The van der Waals surface area contributed by atoms with Crippen LogP contribution in [0.5, 0.6) is 0 Å². The van der Waals surface area contributed by atoms with E-state index in [9.17, 15) is 4.79 Å². The number of hydrogen-bond donors (Lipinski definition) is 1. The molecule has 0 aliphatic carbocycles. The van der Waals surface area contributed by atoms with Crippen LogP contribution in [0.4, 0.5) is 0 Å². The second kappa shape index (κ2) is 6.34. The zero-order valence-electron chi connectivity index (χ0n) is 11.8. The topological polar surface area (TPSA) is 72.4 Å². The van der Waals surface area contributed by atoms with Gasteiger partial charge in [0.15, 0.2) is 0 Å². The maximum atomic E-state index is 12.2. The number of nitrogens with two attached hydrogens (primary N) is 1. The van der Waals surface area contributed by atoms with Crippen LogP contribution in [0.2, 0.25) is 0 Å². The number of aryl methyl sites for hydroxylation is 1. The van der Waals surface area contributed by atoms with Gasteiger partial charge in [0.25, 0.3) is 0 Å². The molecule has 0 atom stereocenters. The van der Waals surface area contributed by atoms with Crippen molar-refractivity contribution in [2.45, 2.75) is 26.4 Å². The van der Waals surface area contributed by atoms with Gasteiger partial charge in [0.1, 0.15) is 11.5 Å². The number of likely N-dealkylation sites (N-methyl/N-ethyl adjacent to an activating group) is 1. The number of aromatic nitrogens is 1. The van der Waals surface area contributed by atoms with E-state index in [1.165, 1.54) is 0 Å². The average molecular weight is 273 g/mol. The van der Waals surface area contributed by atoms with Crippen LogP contribution in [0, 0.1) is 6.92 Å². The SMILES string of the molecule is Cc1cc(CN(C)C(=O)Cc2ccccc2CN)no1. The quantitative estimate of drug-likeness (QED) is 0.899. The van der Waals surface area contributed by atoms with Crippen LogP contribution in [0.1, 0.15) is 22.6 Å². The highest BCUT2D eigenvalue weighted by Crippen LogP contribution is 2.11. The van der Waals surface area contributed by atoms with E-state index in [2.05, 4.69) is 5.16 Å². The standard InChI is InChI=1S/C15H19N3O2/c1-11-7-14(17-20-11)10-18(2)15(19)8-12-5-3-4-6-13(12)9-16/h3-7H,8-10,16H2,1-2H3. The smallest absolute Gasteiger partial charge is 0.227 e. The number of hydrogen-bond acceptors (Lipinski definition) is 4. The summed E-state index contributed by atoms with van der Waals surface area (Å²) >= 11 is 0. The van der Waals surface area contributed by atoms with Crippen molar-refractivity contribution in [1.29, 1.82) is 0 Å². The number of carbonyl (C=O) groups excluding carboxylic acids is 1. The molecule has 0 unspecified atom stereocenters. The minimum absolute atomic E-state index is 0.0338. The lowest BCUT2D eigenvalue weighted by Crippen LogP contribution is -2.28. The predicted molar refractivity (Wildman–Crippen MR) is 75.8 cm³/mol. The first kappa shape index (κ1) is 14.3. The number of carbonyl (C=O) groups is 1. The summed E-state index contributed by atoms with van der Waals surface area (Å²) < 4.78 is 5.00. The summed E-state index contributed by atoms with van der Waals surface area (Å²) in [4.78, 5) is 13.9. The molecule has 5 nitrogen and oxygen atoms in total. The van der Waals surface area contributed by atoms with Crippen LogP contribution in [-0.2, 0) is 24.3 Å². The summed E-state index contributed by atoms with van der Waals surface area (Å²) in [5, 5.41) is 3.89. The van der Waals surface area contributed by atoms with E-state index in [4.69, 9.17) is 10.3 Å². The molecule has 5 heteroatoms. The first-order valence-electron chi connectivity index (χ1n) is 6.53. The van der Waals surface area contributed by atoms with Crippen LogP contribution in [0.15, 0.2) is 34.9 Å². The monoisotopic (exact) mass is 273 g/mol. The summed E-state index contributed by atoms with van der Waals surface area (Å²) in [6.45, 7) is 2.71. The number of benzene rings is 1. The molecule has 1 heterocycles. The van der Waals surface area contributed by atoms with Gasteiger partial charge in [-0.2, -0.15) is 0 Å². The molecule has 20 heavy (non-hydrogen) atoms. The molecule has 1 aromatic carbocycles. The molecule has 0 aliphatic rings. The Balaban J connectivity index is 2.00. The van der Waals surface area contributed by atoms with E-state index in [1.54, 1.807) is 11.9 Å². The Morgan fingerprint density at radius 3 is 2.65 bits per heavy atom. The number of nitrogens with zero attached hydrogens (tertiary/aromatic N) is 2. The van der Waals surface area contributed by atoms with Gasteiger partial charge in [0.2, 0.25) is 5.91 Å². The highest BCUT2D eigenvalue weighted by Gasteiger charge is 2.13. The van der Waals surface area contributed by atoms with Crippen molar-refractivity contribution in [3.05, 3.63) is 52.9 Å². The van der Waals surface area contributed by atoms with Gasteiger partial charge in [-0.3, -0.25) is 4.79 Å². The highest BCUT2D eigenvalue weighted by atomic mass is 16.5. The molecular formula is C15H19N3O2. The first-order valence-corrected chi connectivity index (χ1v) is 6.53. The third-order valence-electron chi connectivity index (χ3n) is 3.18. The van der Waals surface area contributed by atoms with E-state index < -0.39 is 0 Å². The van der Waals surface area contributed by atoms with Crippen molar-refractivity contribution in [3.63, 3.8) is 0 Å². The van der Waals surface area contributed by atoms with E-state index in [0.29, 0.717) is 19.5 Å². The molecule has 106 valence electrons. The van der Waals surface area contributed by atoms with Gasteiger partial charge in [-0.15, -0.1) is 0 Å². The Kier molecular flexibility index (Phi) is 4.53. The van der Waals surface area contributed by atoms with Crippen molar-refractivity contribution in [3.8, 4) is 0 Å². The maximum absolute atomic E-state index is 12.2. The molecule has 2 N–H and O–H groups in total. The summed E-state index contributed by atoms with van der Waals surface area (Å²) in [6.07, 6.45) is 0.348. The number of rotatable bonds is 5. The van der Waals surface area contributed by atoms with Crippen LogP contribution in [0.3, 0.4) is 0 Å². The number of amides is 1. The summed E-state index contributed by atoms with van der Waals surface area (Å²) in [5.41, 5.74) is 8.42. The first-order chi connectivity index (χ1) is 9.60. The molecule has 0 saturated carbocycles. The van der Waals surface area contributed by atoms with Gasteiger partial charge < -0.3 is 15.2 Å². The normalized spacial score (nSPS) is 10.6. The van der Waals surface area contributed by atoms with Gasteiger partial charge in [-0.1, -0.05) is 29.4 Å². The summed E-state index contributed by atoms with van der Waals surface area (Å²) in [6, 6.07) is 9.57. The Morgan fingerprint density at radius 1 is 1.35 bits per heavy atom. The average Bonchev–Trinajstić information content (AvgIpc) is 2.84. The molecule has 0 spiro atoms. The van der Waals surface area contributed by atoms with Gasteiger partial charge in [0, 0.05) is 19.7 Å². The largest absolute Gasteiger partial charge is 0.361 e. The van der Waals surface area contributed by atoms with Gasteiger partial charge in [-0.25, -0.2) is 0 Å². The Morgan fingerprint density at radius 2 is 2.05 bits per heavy atom. The van der Waals surface area contributed by atoms with Gasteiger partial charge in [-0.05, 0) is 18.1 Å². The molecule has 0 fully saturated rings. The molecule has 0 bridgehead atoms. The lowest BCUT2D eigenvalue weighted by molar-refractivity contribution is -0.129. The third kappa shape index (κ3) is 3.45. The zero-order valence-corrected chi connectivity index (χ0v) is 11.8. The lowest BCUT2D eigenvalue weighted by atomic mass is 10.0. The van der Waals surface area contributed by atoms with E-state index >= 15 is 0 Å². The van der Waals surface area contributed by atoms with Crippen molar-refractivity contribution < 1.29 is 9.32 Å². The van der Waals surface area contributed by atoms with Crippen LogP contribution in [0.25, 0.3) is 0 Å². The minimum Gasteiger partial charge on any atom is -0.361 e. The molecule has 1 aromatic heterocycles. The maximum Gasteiger partial charge on any atom is 0.227 e. The van der Waals surface area contributed by atoms with Crippen LogP contribution in [-0.4, -0.2) is 23.0 Å². The molecule has 1 amide bonds. The molecule has 0 radical (unpaired) electrons. The fourth-order valence-electron chi connectivity index (χ4n) is 2.05. The zero-order chi connectivity index (χ0) is 14.5. The highest BCUT2D eigenvalue weighted by molar-refractivity contribution is 5.78. The van der Waals surface area contributed by atoms with Crippen LogP contribution >= 0.6 is 0 Å². The second-order valence-corrected chi connectivity index (χ2v) is 4.83. The predicted octanol–water partition coefficient (Wildman–Crippen LogP) is 1.64.